The number of carbonyl (C=O) groups excluding carboxylic acids is 3. The molecule has 0 bridgehead atoms. The molecule has 6 nitrogen and oxygen atoms in total. The highest BCUT2D eigenvalue weighted by molar-refractivity contribution is 6.22. The monoisotopic (exact) mass is 392 g/mol. The number of imide groups is 1. The summed E-state index contributed by atoms with van der Waals surface area (Å²) in [5.74, 6) is -0.727. The van der Waals surface area contributed by atoms with Gasteiger partial charge in [0.2, 0.25) is 0 Å². The van der Waals surface area contributed by atoms with Crippen LogP contribution >= 0.6 is 0 Å². The van der Waals surface area contributed by atoms with Gasteiger partial charge in [0.1, 0.15) is 6.10 Å². The summed E-state index contributed by atoms with van der Waals surface area (Å²) in [6.07, 6.45) is 1.50. The molecule has 4 rings (SSSR count). The van der Waals surface area contributed by atoms with Crippen LogP contribution in [0.15, 0.2) is 48.5 Å². The van der Waals surface area contributed by atoms with Crippen molar-refractivity contribution in [1.29, 1.82) is 0 Å². The molecule has 1 atom stereocenters. The van der Waals surface area contributed by atoms with E-state index in [-0.39, 0.29) is 23.8 Å². The van der Waals surface area contributed by atoms with Gasteiger partial charge in [0.15, 0.2) is 0 Å². The summed E-state index contributed by atoms with van der Waals surface area (Å²) >= 11 is 0. The zero-order chi connectivity index (χ0) is 20.4. The molecular weight excluding hydrogens is 368 g/mol. The number of carbonyl (C=O) groups is 3. The number of hydrogen-bond donors (Lipinski definition) is 0. The average molecular weight is 392 g/mol. The molecule has 0 saturated carbocycles. The van der Waals surface area contributed by atoms with Crippen LogP contribution in [0.5, 0.6) is 0 Å². The third-order valence-electron chi connectivity index (χ3n) is 5.48. The molecule has 0 aromatic heterocycles. The topological polar surface area (TPSA) is 66.9 Å². The minimum atomic E-state index is -0.308. The van der Waals surface area contributed by atoms with Gasteiger partial charge in [0, 0.05) is 18.7 Å². The SMILES string of the molecule is CCCCN1C(=O)c2ccc(C(=O)N3CCOC(c4ccccc4)C3)cc2C1=O. The molecule has 0 N–H and O–H groups in total. The first kappa shape index (κ1) is 19.3. The Balaban J connectivity index is 1.53. The Labute approximate surface area is 170 Å². The number of ether oxygens (including phenoxy) is 1. The largest absolute Gasteiger partial charge is 0.370 e. The molecule has 1 unspecified atom stereocenters. The van der Waals surface area contributed by atoms with Crippen LogP contribution in [0.25, 0.3) is 0 Å². The van der Waals surface area contributed by atoms with Gasteiger partial charge in [-0.3, -0.25) is 19.3 Å². The number of rotatable bonds is 5. The predicted octanol–water partition coefficient (Wildman–Crippen LogP) is 3.30. The van der Waals surface area contributed by atoms with E-state index in [1.54, 1.807) is 23.1 Å². The summed E-state index contributed by atoms with van der Waals surface area (Å²) in [5, 5.41) is 0. The van der Waals surface area contributed by atoms with Gasteiger partial charge in [-0.1, -0.05) is 43.7 Å². The van der Waals surface area contributed by atoms with Crippen LogP contribution in [0.3, 0.4) is 0 Å². The standard InChI is InChI=1S/C23H24N2O4/c1-2-3-11-25-22(27)18-10-9-17(14-19(18)23(25)28)21(26)24-12-13-29-20(15-24)16-7-5-4-6-8-16/h4-10,14,20H,2-3,11-13,15H2,1H3. The van der Waals surface area contributed by atoms with Crippen molar-refractivity contribution in [2.24, 2.45) is 0 Å². The van der Waals surface area contributed by atoms with Gasteiger partial charge < -0.3 is 9.64 Å². The molecule has 0 radical (unpaired) electrons. The minimum absolute atomic E-state index is 0.149. The van der Waals surface area contributed by atoms with E-state index in [4.69, 9.17) is 4.74 Å². The first-order valence-corrected chi connectivity index (χ1v) is 10.1. The van der Waals surface area contributed by atoms with Gasteiger partial charge >= 0.3 is 0 Å². The van der Waals surface area contributed by atoms with E-state index in [0.29, 0.717) is 42.9 Å². The lowest BCUT2D eigenvalue weighted by Gasteiger charge is -2.33. The fourth-order valence-corrected chi connectivity index (χ4v) is 3.83. The average Bonchev–Trinajstić information content (AvgIpc) is 3.01. The number of fused-ring (bicyclic) bond motifs is 1. The van der Waals surface area contributed by atoms with E-state index in [2.05, 4.69) is 0 Å². The van der Waals surface area contributed by atoms with Gasteiger partial charge in [-0.2, -0.15) is 0 Å². The second-order valence-electron chi connectivity index (χ2n) is 7.40. The highest BCUT2D eigenvalue weighted by atomic mass is 16.5. The maximum absolute atomic E-state index is 13.1. The molecule has 0 aliphatic carbocycles. The maximum atomic E-state index is 13.1. The highest BCUT2D eigenvalue weighted by Gasteiger charge is 2.36. The van der Waals surface area contributed by atoms with Gasteiger partial charge in [-0.25, -0.2) is 0 Å². The van der Waals surface area contributed by atoms with Gasteiger partial charge in [0.05, 0.1) is 24.3 Å². The van der Waals surface area contributed by atoms with Crippen molar-refractivity contribution in [1.82, 2.24) is 9.80 Å². The molecule has 6 heteroatoms. The first-order chi connectivity index (χ1) is 14.1. The Hall–Kier alpha value is -2.99. The van der Waals surface area contributed by atoms with Crippen molar-refractivity contribution in [3.8, 4) is 0 Å². The Kier molecular flexibility index (Phi) is 5.45. The van der Waals surface area contributed by atoms with Crippen LogP contribution in [0, 0.1) is 0 Å². The van der Waals surface area contributed by atoms with Gasteiger partial charge in [-0.05, 0) is 30.2 Å². The molecule has 3 amide bonds. The van der Waals surface area contributed by atoms with E-state index in [9.17, 15) is 14.4 Å². The smallest absolute Gasteiger partial charge is 0.261 e. The fourth-order valence-electron chi connectivity index (χ4n) is 3.83. The molecule has 2 aliphatic rings. The van der Waals surface area contributed by atoms with E-state index < -0.39 is 0 Å². The van der Waals surface area contributed by atoms with E-state index in [0.717, 1.165) is 18.4 Å². The van der Waals surface area contributed by atoms with Gasteiger partial charge in [0.25, 0.3) is 17.7 Å². The van der Waals surface area contributed by atoms with Crippen LogP contribution in [0.4, 0.5) is 0 Å². The quantitative estimate of drug-likeness (QED) is 0.733. The Bertz CT molecular complexity index is 941. The molecule has 1 fully saturated rings. The molecule has 2 heterocycles. The molecule has 150 valence electrons. The number of hydrogen-bond acceptors (Lipinski definition) is 4. The number of morpholine rings is 1. The van der Waals surface area contributed by atoms with Crippen LogP contribution < -0.4 is 0 Å². The second-order valence-corrected chi connectivity index (χ2v) is 7.40. The molecule has 0 spiro atoms. The zero-order valence-electron chi connectivity index (χ0n) is 16.5. The van der Waals surface area contributed by atoms with Gasteiger partial charge in [-0.15, -0.1) is 0 Å². The summed E-state index contributed by atoms with van der Waals surface area (Å²) in [6, 6.07) is 14.6. The molecule has 2 aliphatic heterocycles. The maximum Gasteiger partial charge on any atom is 0.261 e. The van der Waals surface area contributed by atoms with Crippen LogP contribution in [-0.4, -0.2) is 53.8 Å². The van der Waals surface area contributed by atoms with Crippen molar-refractivity contribution < 1.29 is 19.1 Å². The molecule has 29 heavy (non-hydrogen) atoms. The van der Waals surface area contributed by atoms with Crippen molar-refractivity contribution in [3.63, 3.8) is 0 Å². The summed E-state index contributed by atoms with van der Waals surface area (Å²) in [7, 11) is 0. The van der Waals surface area contributed by atoms with Crippen LogP contribution in [-0.2, 0) is 4.74 Å². The molecule has 2 aromatic carbocycles. The van der Waals surface area contributed by atoms with E-state index in [1.807, 2.05) is 37.3 Å². The van der Waals surface area contributed by atoms with E-state index >= 15 is 0 Å². The summed E-state index contributed by atoms with van der Waals surface area (Å²) in [4.78, 5) is 41.3. The Morgan fingerprint density at radius 3 is 2.59 bits per heavy atom. The predicted molar refractivity (Wildman–Crippen MR) is 108 cm³/mol. The van der Waals surface area contributed by atoms with Crippen molar-refractivity contribution in [3.05, 3.63) is 70.8 Å². The normalized spacial score (nSPS) is 18.9. The number of amides is 3. The van der Waals surface area contributed by atoms with Crippen molar-refractivity contribution in [2.45, 2.75) is 25.9 Å². The molecular formula is C23H24N2O4. The second kappa shape index (κ2) is 8.17. The lowest BCUT2D eigenvalue weighted by Crippen LogP contribution is -2.42. The number of nitrogens with zero attached hydrogens (tertiary/aromatic N) is 2. The van der Waals surface area contributed by atoms with Crippen LogP contribution in [0.2, 0.25) is 0 Å². The lowest BCUT2D eigenvalue weighted by atomic mass is 10.0. The highest BCUT2D eigenvalue weighted by Crippen LogP contribution is 2.27. The van der Waals surface area contributed by atoms with Crippen molar-refractivity contribution >= 4 is 17.7 Å². The third kappa shape index (κ3) is 3.68. The summed E-state index contributed by atoms with van der Waals surface area (Å²) in [6.45, 7) is 3.83. The summed E-state index contributed by atoms with van der Waals surface area (Å²) < 4.78 is 5.84. The lowest BCUT2D eigenvalue weighted by molar-refractivity contribution is -0.0228. The summed E-state index contributed by atoms with van der Waals surface area (Å²) in [5.41, 5.74) is 2.17. The van der Waals surface area contributed by atoms with Crippen LogP contribution in [0.1, 0.15) is 62.5 Å². The Morgan fingerprint density at radius 1 is 1.07 bits per heavy atom. The van der Waals surface area contributed by atoms with E-state index in [1.165, 1.54) is 4.90 Å². The number of unbranched alkanes of at least 4 members (excludes halogenated alkanes) is 1. The Morgan fingerprint density at radius 2 is 1.83 bits per heavy atom. The molecule has 1 saturated heterocycles. The number of benzene rings is 2. The first-order valence-electron chi connectivity index (χ1n) is 10.1. The zero-order valence-corrected chi connectivity index (χ0v) is 16.5. The third-order valence-corrected chi connectivity index (χ3v) is 5.48. The van der Waals surface area contributed by atoms with Crippen molar-refractivity contribution in [2.75, 3.05) is 26.2 Å². The fraction of sp³-hybridized carbons (Fsp3) is 0.348. The molecule has 2 aromatic rings. The minimum Gasteiger partial charge on any atom is -0.370 e.